The molecule has 0 amide bonds. The summed E-state index contributed by atoms with van der Waals surface area (Å²) in [5.74, 6) is 0.252. The first-order chi connectivity index (χ1) is 7.81. The Bertz CT molecular complexity index is 350. The van der Waals surface area contributed by atoms with Crippen molar-refractivity contribution >= 4 is 5.78 Å². The number of piperidine rings is 1. The normalized spacial score (nSPS) is 20.7. The molecule has 0 spiro atoms. The van der Waals surface area contributed by atoms with E-state index >= 15 is 0 Å². The Morgan fingerprint density at radius 3 is 2.62 bits per heavy atom. The molecule has 1 unspecified atom stereocenters. The van der Waals surface area contributed by atoms with Crippen molar-refractivity contribution in [2.24, 2.45) is 0 Å². The smallest absolute Gasteiger partial charge is 0.179 e. The molecule has 0 aliphatic carbocycles. The molecule has 2 nitrogen and oxygen atoms in total. The molecule has 0 aromatic heterocycles. The molecular formula is C14H19NO. The molecule has 1 heterocycles. The third-order valence-electron chi connectivity index (χ3n) is 3.27. The van der Waals surface area contributed by atoms with Gasteiger partial charge >= 0.3 is 0 Å². The van der Waals surface area contributed by atoms with E-state index in [0.717, 1.165) is 31.4 Å². The number of carbonyl (C=O) groups is 1. The Balaban J connectivity index is 2.07. The van der Waals surface area contributed by atoms with Gasteiger partial charge in [0.15, 0.2) is 5.78 Å². The summed E-state index contributed by atoms with van der Waals surface area (Å²) >= 11 is 0. The topological polar surface area (TPSA) is 29.1 Å². The molecule has 86 valence electrons. The van der Waals surface area contributed by atoms with E-state index in [2.05, 4.69) is 24.4 Å². The van der Waals surface area contributed by atoms with Crippen molar-refractivity contribution in [2.75, 3.05) is 6.54 Å². The Kier molecular flexibility index (Phi) is 3.73. The van der Waals surface area contributed by atoms with Gasteiger partial charge in [-0.3, -0.25) is 4.79 Å². The van der Waals surface area contributed by atoms with Crippen LogP contribution in [0.2, 0.25) is 0 Å². The Labute approximate surface area is 97.1 Å². The maximum Gasteiger partial charge on any atom is 0.179 e. The third-order valence-corrected chi connectivity index (χ3v) is 3.27. The van der Waals surface area contributed by atoms with Gasteiger partial charge in [-0.25, -0.2) is 0 Å². The van der Waals surface area contributed by atoms with Crippen LogP contribution >= 0.6 is 0 Å². The first kappa shape index (κ1) is 11.3. The molecule has 0 saturated carbocycles. The zero-order valence-electron chi connectivity index (χ0n) is 9.83. The largest absolute Gasteiger partial charge is 0.307 e. The first-order valence-corrected chi connectivity index (χ1v) is 6.18. The van der Waals surface area contributed by atoms with E-state index < -0.39 is 0 Å². The summed E-state index contributed by atoms with van der Waals surface area (Å²) in [5.41, 5.74) is 2.13. The number of hydrogen-bond donors (Lipinski definition) is 1. The Morgan fingerprint density at radius 1 is 1.31 bits per heavy atom. The van der Waals surface area contributed by atoms with Crippen LogP contribution in [-0.4, -0.2) is 18.4 Å². The van der Waals surface area contributed by atoms with Crippen molar-refractivity contribution < 1.29 is 4.79 Å². The molecule has 16 heavy (non-hydrogen) atoms. The first-order valence-electron chi connectivity index (χ1n) is 6.18. The summed E-state index contributed by atoms with van der Waals surface area (Å²) < 4.78 is 0. The summed E-state index contributed by atoms with van der Waals surface area (Å²) in [4.78, 5) is 12.1. The highest BCUT2D eigenvalue weighted by Crippen LogP contribution is 2.13. The van der Waals surface area contributed by atoms with E-state index in [1.54, 1.807) is 0 Å². The van der Waals surface area contributed by atoms with E-state index in [-0.39, 0.29) is 11.8 Å². The number of Topliss-reactive ketones (excluding diaryl/α,β-unsaturated/α-hetero) is 1. The molecule has 0 bridgehead atoms. The molecule has 1 saturated heterocycles. The lowest BCUT2D eigenvalue weighted by molar-refractivity contribution is 0.0927. The van der Waals surface area contributed by atoms with Gasteiger partial charge in [0.1, 0.15) is 0 Å². The number of aryl methyl sites for hydroxylation is 1. The van der Waals surface area contributed by atoms with Crippen molar-refractivity contribution in [1.29, 1.82) is 0 Å². The van der Waals surface area contributed by atoms with Gasteiger partial charge in [0.2, 0.25) is 0 Å². The lowest BCUT2D eigenvalue weighted by atomic mass is 9.96. The summed E-state index contributed by atoms with van der Waals surface area (Å²) in [5, 5.41) is 3.30. The quantitative estimate of drug-likeness (QED) is 0.788. The fourth-order valence-corrected chi connectivity index (χ4v) is 2.18. The average Bonchev–Trinajstić information content (AvgIpc) is 2.39. The van der Waals surface area contributed by atoms with E-state index in [9.17, 15) is 4.79 Å². The predicted octanol–water partition coefficient (Wildman–Crippen LogP) is 2.57. The lowest BCUT2D eigenvalue weighted by Crippen LogP contribution is -2.40. The van der Waals surface area contributed by atoms with Gasteiger partial charge < -0.3 is 5.32 Å². The number of rotatable bonds is 3. The molecule has 1 aliphatic rings. The number of carbonyl (C=O) groups excluding carboxylic acids is 1. The molecule has 2 heteroatoms. The standard InChI is InChI=1S/C14H19NO/c1-2-11-6-8-12(9-7-11)14(16)13-5-3-4-10-15-13/h6-9,13,15H,2-5,10H2,1H3. The molecular weight excluding hydrogens is 198 g/mol. The maximum atomic E-state index is 12.1. The van der Waals surface area contributed by atoms with E-state index in [1.165, 1.54) is 12.0 Å². The number of ketones is 1. The van der Waals surface area contributed by atoms with Gasteiger partial charge in [0.05, 0.1) is 6.04 Å². The monoisotopic (exact) mass is 217 g/mol. The highest BCUT2D eigenvalue weighted by Gasteiger charge is 2.21. The van der Waals surface area contributed by atoms with Crippen LogP contribution in [-0.2, 0) is 6.42 Å². The minimum absolute atomic E-state index is 0.0428. The van der Waals surface area contributed by atoms with Gasteiger partial charge in [-0.05, 0) is 31.4 Å². The third kappa shape index (κ3) is 2.50. The Hall–Kier alpha value is -1.15. The van der Waals surface area contributed by atoms with E-state index in [0.29, 0.717) is 0 Å². The van der Waals surface area contributed by atoms with Crippen LogP contribution in [0, 0.1) is 0 Å². The average molecular weight is 217 g/mol. The van der Waals surface area contributed by atoms with Crippen LogP contribution < -0.4 is 5.32 Å². The molecule has 1 aromatic carbocycles. The highest BCUT2D eigenvalue weighted by atomic mass is 16.1. The zero-order valence-corrected chi connectivity index (χ0v) is 9.83. The molecule has 1 N–H and O–H groups in total. The van der Waals surface area contributed by atoms with Gasteiger partial charge in [0, 0.05) is 5.56 Å². The summed E-state index contributed by atoms with van der Waals surface area (Å²) in [6, 6.07) is 8.06. The predicted molar refractivity (Wildman–Crippen MR) is 65.8 cm³/mol. The van der Waals surface area contributed by atoms with Gasteiger partial charge in [-0.1, -0.05) is 37.6 Å². The molecule has 0 radical (unpaired) electrons. The van der Waals surface area contributed by atoms with Crippen LogP contribution in [0.4, 0.5) is 0 Å². The second-order valence-electron chi connectivity index (χ2n) is 4.42. The summed E-state index contributed by atoms with van der Waals surface area (Å²) in [7, 11) is 0. The minimum Gasteiger partial charge on any atom is -0.307 e. The summed E-state index contributed by atoms with van der Waals surface area (Å²) in [6.45, 7) is 3.10. The van der Waals surface area contributed by atoms with Crippen LogP contribution in [0.25, 0.3) is 0 Å². The number of hydrogen-bond acceptors (Lipinski definition) is 2. The second-order valence-corrected chi connectivity index (χ2v) is 4.42. The van der Waals surface area contributed by atoms with Crippen LogP contribution in [0.1, 0.15) is 42.1 Å². The van der Waals surface area contributed by atoms with Crippen LogP contribution in [0.3, 0.4) is 0 Å². The van der Waals surface area contributed by atoms with E-state index in [4.69, 9.17) is 0 Å². The SMILES string of the molecule is CCc1ccc(C(=O)C2CCCCN2)cc1. The Morgan fingerprint density at radius 2 is 2.06 bits per heavy atom. The van der Waals surface area contributed by atoms with Gasteiger partial charge in [-0.15, -0.1) is 0 Å². The molecule has 1 atom stereocenters. The zero-order chi connectivity index (χ0) is 11.4. The van der Waals surface area contributed by atoms with Crippen LogP contribution in [0.15, 0.2) is 24.3 Å². The van der Waals surface area contributed by atoms with E-state index in [1.807, 2.05) is 12.1 Å². The molecule has 1 aliphatic heterocycles. The maximum absolute atomic E-state index is 12.1. The molecule has 2 rings (SSSR count). The number of benzene rings is 1. The number of nitrogens with one attached hydrogen (secondary N) is 1. The van der Waals surface area contributed by atoms with Gasteiger partial charge in [0.25, 0.3) is 0 Å². The molecule has 1 fully saturated rings. The van der Waals surface area contributed by atoms with Crippen molar-refractivity contribution in [3.05, 3.63) is 35.4 Å². The fraction of sp³-hybridized carbons (Fsp3) is 0.500. The van der Waals surface area contributed by atoms with Crippen LogP contribution in [0.5, 0.6) is 0 Å². The lowest BCUT2D eigenvalue weighted by Gasteiger charge is -2.22. The fourth-order valence-electron chi connectivity index (χ4n) is 2.18. The van der Waals surface area contributed by atoms with Crippen molar-refractivity contribution in [3.8, 4) is 0 Å². The summed E-state index contributed by atoms with van der Waals surface area (Å²) in [6.07, 6.45) is 4.36. The highest BCUT2D eigenvalue weighted by molar-refractivity contribution is 6.00. The minimum atomic E-state index is 0.0428. The van der Waals surface area contributed by atoms with Crippen molar-refractivity contribution in [1.82, 2.24) is 5.32 Å². The molecule has 1 aromatic rings. The van der Waals surface area contributed by atoms with Crippen molar-refractivity contribution in [2.45, 2.75) is 38.6 Å². The van der Waals surface area contributed by atoms with Crippen molar-refractivity contribution in [3.63, 3.8) is 0 Å². The second kappa shape index (κ2) is 5.26. The van der Waals surface area contributed by atoms with Gasteiger partial charge in [-0.2, -0.15) is 0 Å².